The SMILES string of the molecule is CCC(C)/C(C)=C1/CCNC1. The molecule has 1 rings (SSSR count). The van der Waals surface area contributed by atoms with Crippen LogP contribution in [0.15, 0.2) is 11.1 Å². The number of hydrogen-bond donors (Lipinski definition) is 1. The van der Waals surface area contributed by atoms with Crippen molar-refractivity contribution >= 4 is 0 Å². The lowest BCUT2D eigenvalue weighted by molar-refractivity contribution is 0.645. The second-order valence-electron chi connectivity index (χ2n) is 3.52. The zero-order valence-electron chi connectivity index (χ0n) is 7.91. The lowest BCUT2D eigenvalue weighted by Gasteiger charge is -2.11. The van der Waals surface area contributed by atoms with Gasteiger partial charge in [0.1, 0.15) is 0 Å². The molecule has 0 aliphatic carbocycles. The van der Waals surface area contributed by atoms with Gasteiger partial charge in [-0.3, -0.25) is 0 Å². The van der Waals surface area contributed by atoms with E-state index in [1.165, 1.54) is 19.4 Å². The minimum absolute atomic E-state index is 0.782. The second kappa shape index (κ2) is 3.91. The third-order valence-corrected chi connectivity index (χ3v) is 2.85. The summed E-state index contributed by atoms with van der Waals surface area (Å²) in [6, 6.07) is 0. The van der Waals surface area contributed by atoms with E-state index in [9.17, 15) is 0 Å². The number of rotatable bonds is 2. The predicted octanol–water partition coefficient (Wildman–Crippen LogP) is 2.34. The Kier molecular flexibility index (Phi) is 3.13. The monoisotopic (exact) mass is 153 g/mol. The molecule has 11 heavy (non-hydrogen) atoms. The molecule has 1 nitrogen and oxygen atoms in total. The highest BCUT2D eigenvalue weighted by molar-refractivity contribution is 5.18. The fourth-order valence-corrected chi connectivity index (χ4v) is 1.56. The summed E-state index contributed by atoms with van der Waals surface area (Å²) in [7, 11) is 0. The Morgan fingerprint density at radius 3 is 2.82 bits per heavy atom. The van der Waals surface area contributed by atoms with Crippen LogP contribution in [0.3, 0.4) is 0 Å². The van der Waals surface area contributed by atoms with Crippen molar-refractivity contribution in [3.63, 3.8) is 0 Å². The average molecular weight is 153 g/mol. The van der Waals surface area contributed by atoms with Gasteiger partial charge >= 0.3 is 0 Å². The van der Waals surface area contributed by atoms with Crippen molar-refractivity contribution in [3.8, 4) is 0 Å². The highest BCUT2D eigenvalue weighted by Crippen LogP contribution is 2.21. The molecule has 0 aromatic carbocycles. The van der Waals surface area contributed by atoms with E-state index < -0.39 is 0 Å². The molecule has 64 valence electrons. The molecule has 1 aliphatic heterocycles. The van der Waals surface area contributed by atoms with E-state index in [-0.39, 0.29) is 0 Å². The third-order valence-electron chi connectivity index (χ3n) is 2.85. The van der Waals surface area contributed by atoms with Gasteiger partial charge in [0, 0.05) is 6.54 Å². The van der Waals surface area contributed by atoms with Crippen LogP contribution in [0.4, 0.5) is 0 Å². The van der Waals surface area contributed by atoms with Gasteiger partial charge in [0.05, 0.1) is 0 Å². The Bertz CT molecular complexity index is 150. The topological polar surface area (TPSA) is 12.0 Å². The first-order chi connectivity index (χ1) is 5.25. The molecule has 0 saturated carbocycles. The number of allylic oxidation sites excluding steroid dienone is 1. The normalized spacial score (nSPS) is 25.4. The van der Waals surface area contributed by atoms with E-state index in [1.54, 1.807) is 11.1 Å². The number of hydrogen-bond acceptors (Lipinski definition) is 1. The summed E-state index contributed by atoms with van der Waals surface area (Å²) in [5.74, 6) is 0.782. The zero-order valence-corrected chi connectivity index (χ0v) is 7.91. The maximum Gasteiger partial charge on any atom is 0.0167 e. The fourth-order valence-electron chi connectivity index (χ4n) is 1.56. The van der Waals surface area contributed by atoms with Crippen molar-refractivity contribution < 1.29 is 0 Å². The van der Waals surface area contributed by atoms with E-state index in [1.807, 2.05) is 0 Å². The molecule has 1 heterocycles. The summed E-state index contributed by atoms with van der Waals surface area (Å²) >= 11 is 0. The van der Waals surface area contributed by atoms with E-state index in [0.29, 0.717) is 0 Å². The molecule has 1 atom stereocenters. The Balaban J connectivity index is 2.61. The van der Waals surface area contributed by atoms with Gasteiger partial charge in [-0.25, -0.2) is 0 Å². The molecule has 1 saturated heterocycles. The first-order valence-corrected chi connectivity index (χ1v) is 4.65. The van der Waals surface area contributed by atoms with Crippen LogP contribution in [0.1, 0.15) is 33.6 Å². The van der Waals surface area contributed by atoms with E-state index >= 15 is 0 Å². The van der Waals surface area contributed by atoms with Crippen molar-refractivity contribution in [1.29, 1.82) is 0 Å². The first-order valence-electron chi connectivity index (χ1n) is 4.65. The minimum Gasteiger partial charge on any atom is -0.313 e. The Hall–Kier alpha value is -0.300. The Morgan fingerprint density at radius 2 is 2.36 bits per heavy atom. The van der Waals surface area contributed by atoms with Crippen LogP contribution >= 0.6 is 0 Å². The van der Waals surface area contributed by atoms with Gasteiger partial charge in [0.15, 0.2) is 0 Å². The summed E-state index contributed by atoms with van der Waals surface area (Å²) in [6.07, 6.45) is 2.55. The van der Waals surface area contributed by atoms with Crippen LogP contribution < -0.4 is 5.32 Å². The third kappa shape index (κ3) is 2.06. The molecule has 0 spiro atoms. The Labute approximate surface area is 69.9 Å². The number of nitrogens with one attached hydrogen (secondary N) is 1. The second-order valence-corrected chi connectivity index (χ2v) is 3.52. The van der Waals surface area contributed by atoms with Crippen molar-refractivity contribution in [1.82, 2.24) is 5.32 Å². The molecule has 1 aliphatic rings. The molecule has 1 N–H and O–H groups in total. The molecular formula is C10H19N. The molecule has 0 aromatic heterocycles. The molecule has 1 unspecified atom stereocenters. The van der Waals surface area contributed by atoms with E-state index in [0.717, 1.165) is 12.5 Å². The predicted molar refractivity (Wildman–Crippen MR) is 49.6 cm³/mol. The van der Waals surface area contributed by atoms with Gasteiger partial charge < -0.3 is 5.32 Å². The lowest BCUT2D eigenvalue weighted by Crippen LogP contribution is -2.06. The Morgan fingerprint density at radius 1 is 1.64 bits per heavy atom. The molecule has 0 amide bonds. The molecule has 0 aromatic rings. The smallest absolute Gasteiger partial charge is 0.0167 e. The molecule has 1 heteroatoms. The summed E-state index contributed by atoms with van der Waals surface area (Å²) in [4.78, 5) is 0. The fraction of sp³-hybridized carbons (Fsp3) is 0.800. The standard InChI is InChI=1S/C10H19N/c1-4-8(2)9(3)10-5-6-11-7-10/h8,11H,4-7H2,1-3H3/b10-9-. The highest BCUT2D eigenvalue weighted by Gasteiger charge is 2.11. The van der Waals surface area contributed by atoms with Gasteiger partial charge in [-0.1, -0.05) is 25.0 Å². The van der Waals surface area contributed by atoms with Crippen molar-refractivity contribution in [3.05, 3.63) is 11.1 Å². The summed E-state index contributed by atoms with van der Waals surface area (Å²) < 4.78 is 0. The largest absolute Gasteiger partial charge is 0.313 e. The molecule has 0 radical (unpaired) electrons. The van der Waals surface area contributed by atoms with Crippen LogP contribution in [-0.4, -0.2) is 13.1 Å². The van der Waals surface area contributed by atoms with Gasteiger partial charge in [0.25, 0.3) is 0 Å². The van der Waals surface area contributed by atoms with Crippen LogP contribution in [0, 0.1) is 5.92 Å². The molecule has 1 fully saturated rings. The van der Waals surface area contributed by atoms with E-state index in [4.69, 9.17) is 0 Å². The summed E-state index contributed by atoms with van der Waals surface area (Å²) in [5, 5.41) is 3.37. The van der Waals surface area contributed by atoms with E-state index in [2.05, 4.69) is 26.1 Å². The van der Waals surface area contributed by atoms with Gasteiger partial charge in [-0.2, -0.15) is 0 Å². The first kappa shape index (κ1) is 8.79. The summed E-state index contributed by atoms with van der Waals surface area (Å²) in [5.41, 5.74) is 3.27. The van der Waals surface area contributed by atoms with Crippen molar-refractivity contribution in [2.45, 2.75) is 33.6 Å². The van der Waals surface area contributed by atoms with Gasteiger partial charge in [0.2, 0.25) is 0 Å². The quantitative estimate of drug-likeness (QED) is 0.600. The van der Waals surface area contributed by atoms with Crippen LogP contribution in [0.5, 0.6) is 0 Å². The maximum absolute atomic E-state index is 3.37. The molecule has 0 bridgehead atoms. The van der Waals surface area contributed by atoms with Crippen molar-refractivity contribution in [2.24, 2.45) is 5.92 Å². The minimum atomic E-state index is 0.782. The van der Waals surface area contributed by atoms with Crippen LogP contribution in [0.25, 0.3) is 0 Å². The zero-order chi connectivity index (χ0) is 8.27. The van der Waals surface area contributed by atoms with Crippen molar-refractivity contribution in [2.75, 3.05) is 13.1 Å². The maximum atomic E-state index is 3.37. The van der Waals surface area contributed by atoms with Gasteiger partial charge in [-0.15, -0.1) is 0 Å². The summed E-state index contributed by atoms with van der Waals surface area (Å²) in [6.45, 7) is 9.19. The van der Waals surface area contributed by atoms with Crippen LogP contribution in [0.2, 0.25) is 0 Å². The average Bonchev–Trinajstić information content (AvgIpc) is 2.53. The highest BCUT2D eigenvalue weighted by atomic mass is 14.9. The van der Waals surface area contributed by atoms with Gasteiger partial charge in [-0.05, 0) is 32.2 Å². The molecular weight excluding hydrogens is 134 g/mol. The lowest BCUT2D eigenvalue weighted by atomic mass is 9.95. The van der Waals surface area contributed by atoms with Crippen LogP contribution in [-0.2, 0) is 0 Å².